The number of allylic oxidation sites excluding steroid dienone is 2. The fraction of sp³-hybridized carbons (Fsp3) is 0.583. The molecule has 14 heavy (non-hydrogen) atoms. The molecule has 4 atom stereocenters. The van der Waals surface area contributed by atoms with Gasteiger partial charge in [0.1, 0.15) is 6.10 Å². The normalized spacial score (nSPS) is 35.6. The molecule has 2 rings (SSSR count). The Kier molecular flexibility index (Phi) is 2.44. The van der Waals surface area contributed by atoms with Crippen LogP contribution in [0.5, 0.6) is 0 Å². The van der Waals surface area contributed by atoms with Crippen LogP contribution in [0.4, 0.5) is 0 Å². The molecule has 1 saturated carbocycles. The highest BCUT2D eigenvalue weighted by Gasteiger charge is 2.40. The zero-order chi connectivity index (χ0) is 10.1. The van der Waals surface area contributed by atoms with Crippen molar-refractivity contribution < 1.29 is 9.53 Å². The Balaban J connectivity index is 2.02. The van der Waals surface area contributed by atoms with Gasteiger partial charge in [-0.2, -0.15) is 0 Å². The lowest BCUT2D eigenvalue weighted by atomic mass is 9.88. The van der Waals surface area contributed by atoms with Crippen LogP contribution in [-0.4, -0.2) is 12.1 Å². The van der Waals surface area contributed by atoms with Crippen molar-refractivity contribution in [2.75, 3.05) is 0 Å². The molecule has 0 N–H and O–H groups in total. The van der Waals surface area contributed by atoms with Gasteiger partial charge in [-0.25, -0.2) is 0 Å². The average molecular weight is 192 g/mol. The van der Waals surface area contributed by atoms with Gasteiger partial charge in [0.05, 0.1) is 0 Å². The van der Waals surface area contributed by atoms with Crippen molar-refractivity contribution in [1.29, 1.82) is 0 Å². The fourth-order valence-electron chi connectivity index (χ4n) is 2.70. The third-order valence-electron chi connectivity index (χ3n) is 3.29. The SMILES string of the molecule is C=CC(OC(C)=O)[C@H]1C[C@H]2C=C[C@@H]1C2. The summed E-state index contributed by atoms with van der Waals surface area (Å²) in [5, 5.41) is 0. The van der Waals surface area contributed by atoms with E-state index < -0.39 is 0 Å². The minimum atomic E-state index is -0.207. The Hall–Kier alpha value is -1.05. The number of hydrogen-bond donors (Lipinski definition) is 0. The second-order valence-electron chi connectivity index (χ2n) is 4.25. The summed E-state index contributed by atoms with van der Waals surface area (Å²) in [6, 6.07) is 0. The van der Waals surface area contributed by atoms with Gasteiger partial charge in [0, 0.05) is 12.8 Å². The maximum Gasteiger partial charge on any atom is 0.303 e. The van der Waals surface area contributed by atoms with Crippen molar-refractivity contribution in [2.45, 2.75) is 25.9 Å². The number of carbonyl (C=O) groups excluding carboxylic acids is 1. The van der Waals surface area contributed by atoms with Gasteiger partial charge in [-0.05, 0) is 24.7 Å². The van der Waals surface area contributed by atoms with Crippen molar-refractivity contribution in [3.63, 3.8) is 0 Å². The Bertz CT molecular complexity index is 280. The summed E-state index contributed by atoms with van der Waals surface area (Å²) in [6.07, 6.45) is 8.60. The first-order chi connectivity index (χ1) is 6.70. The summed E-state index contributed by atoms with van der Waals surface area (Å²) in [5.41, 5.74) is 0. The summed E-state index contributed by atoms with van der Waals surface area (Å²) in [7, 11) is 0. The molecular weight excluding hydrogens is 176 g/mol. The van der Waals surface area contributed by atoms with Crippen LogP contribution < -0.4 is 0 Å². The zero-order valence-electron chi connectivity index (χ0n) is 8.48. The molecular formula is C12H16O2. The van der Waals surface area contributed by atoms with Gasteiger partial charge < -0.3 is 4.74 Å². The molecule has 2 aliphatic rings. The maximum absolute atomic E-state index is 10.9. The highest BCUT2D eigenvalue weighted by Crippen LogP contribution is 2.45. The van der Waals surface area contributed by atoms with E-state index in [0.717, 1.165) is 6.42 Å². The van der Waals surface area contributed by atoms with Gasteiger partial charge >= 0.3 is 5.97 Å². The van der Waals surface area contributed by atoms with E-state index in [-0.39, 0.29) is 12.1 Å². The van der Waals surface area contributed by atoms with Gasteiger partial charge in [0.2, 0.25) is 0 Å². The predicted octanol–water partition coefficient (Wildman–Crippen LogP) is 2.32. The van der Waals surface area contributed by atoms with Crippen LogP contribution in [0.2, 0.25) is 0 Å². The van der Waals surface area contributed by atoms with E-state index in [1.54, 1.807) is 6.08 Å². The summed E-state index contributed by atoms with van der Waals surface area (Å²) < 4.78 is 5.25. The van der Waals surface area contributed by atoms with Crippen LogP contribution in [0.15, 0.2) is 24.8 Å². The Morgan fingerprint density at radius 1 is 1.57 bits per heavy atom. The first-order valence-corrected chi connectivity index (χ1v) is 5.19. The number of ether oxygens (including phenoxy) is 1. The second-order valence-corrected chi connectivity index (χ2v) is 4.25. The first kappa shape index (κ1) is 9.50. The van der Waals surface area contributed by atoms with E-state index in [2.05, 4.69) is 18.7 Å². The van der Waals surface area contributed by atoms with Gasteiger partial charge in [0.15, 0.2) is 0 Å². The molecule has 0 amide bonds. The third kappa shape index (κ3) is 1.61. The predicted molar refractivity (Wildman–Crippen MR) is 54.6 cm³/mol. The van der Waals surface area contributed by atoms with E-state index in [9.17, 15) is 4.79 Å². The number of carbonyl (C=O) groups is 1. The molecule has 2 bridgehead atoms. The lowest BCUT2D eigenvalue weighted by Gasteiger charge is -2.25. The van der Waals surface area contributed by atoms with Crippen molar-refractivity contribution in [1.82, 2.24) is 0 Å². The summed E-state index contributed by atoms with van der Waals surface area (Å²) in [5.74, 6) is 1.57. The van der Waals surface area contributed by atoms with Crippen LogP contribution in [0.3, 0.4) is 0 Å². The molecule has 0 spiro atoms. The first-order valence-electron chi connectivity index (χ1n) is 5.19. The van der Waals surface area contributed by atoms with Crippen LogP contribution >= 0.6 is 0 Å². The minimum Gasteiger partial charge on any atom is -0.458 e. The molecule has 0 heterocycles. The monoisotopic (exact) mass is 192 g/mol. The van der Waals surface area contributed by atoms with Gasteiger partial charge in [0.25, 0.3) is 0 Å². The van der Waals surface area contributed by atoms with Gasteiger partial charge in [-0.3, -0.25) is 4.79 Å². The smallest absolute Gasteiger partial charge is 0.303 e. The molecule has 0 aromatic carbocycles. The minimum absolute atomic E-state index is 0.0903. The molecule has 2 aliphatic carbocycles. The summed E-state index contributed by atoms with van der Waals surface area (Å²) in [4.78, 5) is 10.9. The number of fused-ring (bicyclic) bond motifs is 2. The van der Waals surface area contributed by atoms with Crippen LogP contribution in [0.25, 0.3) is 0 Å². The molecule has 2 heteroatoms. The van der Waals surface area contributed by atoms with Crippen LogP contribution in [0, 0.1) is 17.8 Å². The van der Waals surface area contributed by atoms with E-state index in [0.29, 0.717) is 17.8 Å². The topological polar surface area (TPSA) is 26.3 Å². The lowest BCUT2D eigenvalue weighted by molar-refractivity contribution is -0.146. The highest BCUT2D eigenvalue weighted by molar-refractivity contribution is 5.66. The zero-order valence-corrected chi connectivity index (χ0v) is 8.48. The Morgan fingerprint density at radius 3 is 2.79 bits per heavy atom. The lowest BCUT2D eigenvalue weighted by Crippen LogP contribution is -2.26. The maximum atomic E-state index is 10.9. The number of hydrogen-bond acceptors (Lipinski definition) is 2. The summed E-state index contributed by atoms with van der Waals surface area (Å²) in [6.45, 7) is 5.20. The highest BCUT2D eigenvalue weighted by atomic mass is 16.5. The van der Waals surface area contributed by atoms with E-state index in [1.807, 2.05) is 0 Å². The Labute approximate surface area is 84.6 Å². The molecule has 0 radical (unpaired) electrons. The molecule has 0 aromatic heterocycles. The second kappa shape index (κ2) is 3.60. The molecule has 76 valence electrons. The summed E-state index contributed by atoms with van der Waals surface area (Å²) >= 11 is 0. The van der Waals surface area contributed by atoms with E-state index in [4.69, 9.17) is 4.74 Å². The molecule has 1 fully saturated rings. The van der Waals surface area contributed by atoms with E-state index in [1.165, 1.54) is 13.3 Å². The van der Waals surface area contributed by atoms with Crippen molar-refractivity contribution >= 4 is 5.97 Å². The van der Waals surface area contributed by atoms with E-state index >= 15 is 0 Å². The number of rotatable bonds is 3. The van der Waals surface area contributed by atoms with Crippen molar-refractivity contribution in [3.8, 4) is 0 Å². The van der Waals surface area contributed by atoms with Crippen molar-refractivity contribution in [3.05, 3.63) is 24.8 Å². The molecule has 0 saturated heterocycles. The molecule has 2 nitrogen and oxygen atoms in total. The number of esters is 1. The average Bonchev–Trinajstić information content (AvgIpc) is 2.74. The van der Waals surface area contributed by atoms with Gasteiger partial charge in [-0.15, -0.1) is 0 Å². The van der Waals surface area contributed by atoms with Gasteiger partial charge in [-0.1, -0.05) is 24.8 Å². The molecule has 1 unspecified atom stereocenters. The van der Waals surface area contributed by atoms with Crippen LogP contribution in [0.1, 0.15) is 19.8 Å². The van der Waals surface area contributed by atoms with Crippen LogP contribution in [-0.2, 0) is 9.53 Å². The molecule has 0 aromatic rings. The Morgan fingerprint density at radius 2 is 2.36 bits per heavy atom. The third-order valence-corrected chi connectivity index (χ3v) is 3.29. The fourth-order valence-corrected chi connectivity index (χ4v) is 2.70. The largest absolute Gasteiger partial charge is 0.458 e. The van der Waals surface area contributed by atoms with Crippen molar-refractivity contribution in [2.24, 2.45) is 17.8 Å². The molecule has 0 aliphatic heterocycles. The quantitative estimate of drug-likeness (QED) is 0.506. The standard InChI is InChI=1S/C12H16O2/c1-3-12(14-8(2)13)11-7-9-4-5-10(11)6-9/h3-5,9-12H,1,6-7H2,2H3/t9-,10+,11-,12?/m0/s1.